The van der Waals surface area contributed by atoms with Gasteiger partial charge in [-0.2, -0.15) is 0 Å². The van der Waals surface area contributed by atoms with Gasteiger partial charge in [-0.25, -0.2) is 4.79 Å². The molecule has 0 unspecified atom stereocenters. The Bertz CT molecular complexity index is 597. The average molecular weight is 243 g/mol. The zero-order valence-corrected chi connectivity index (χ0v) is 9.55. The van der Waals surface area contributed by atoms with Crippen molar-refractivity contribution in [3.8, 4) is 11.1 Å². The van der Waals surface area contributed by atoms with Crippen LogP contribution in [0.5, 0.6) is 0 Å². The van der Waals surface area contributed by atoms with Crippen LogP contribution in [0.15, 0.2) is 42.5 Å². The highest BCUT2D eigenvalue weighted by atomic mass is 16.4. The maximum absolute atomic E-state index is 11.2. The van der Waals surface area contributed by atoms with Crippen LogP contribution in [0.1, 0.15) is 10.4 Å². The molecule has 2 aromatic carbocycles. The van der Waals surface area contributed by atoms with E-state index in [1.807, 2.05) is 0 Å². The van der Waals surface area contributed by atoms with Gasteiger partial charge in [0, 0.05) is 11.4 Å². The van der Waals surface area contributed by atoms with E-state index >= 15 is 0 Å². The lowest BCUT2D eigenvalue weighted by Gasteiger charge is -2.09. The predicted molar refractivity (Wildman–Crippen MR) is 71.1 cm³/mol. The van der Waals surface area contributed by atoms with Crippen LogP contribution >= 0.6 is 0 Å². The van der Waals surface area contributed by atoms with Crippen LogP contribution in [0, 0.1) is 0 Å². The van der Waals surface area contributed by atoms with Crippen LogP contribution in [0.2, 0.25) is 0 Å². The van der Waals surface area contributed by atoms with Crippen molar-refractivity contribution in [2.24, 2.45) is 5.84 Å². The van der Waals surface area contributed by atoms with E-state index in [0.717, 1.165) is 5.56 Å². The Hall–Kier alpha value is -2.53. The van der Waals surface area contributed by atoms with Gasteiger partial charge in [-0.15, -0.1) is 0 Å². The molecule has 0 fully saturated rings. The van der Waals surface area contributed by atoms with Gasteiger partial charge in [0.25, 0.3) is 0 Å². The molecule has 0 amide bonds. The second-order valence-corrected chi connectivity index (χ2v) is 3.84. The highest BCUT2D eigenvalue weighted by molar-refractivity contribution is 5.97. The number of carboxylic acids is 1. The molecule has 0 atom stereocenters. The van der Waals surface area contributed by atoms with Crippen molar-refractivity contribution in [2.75, 3.05) is 11.2 Å². The van der Waals surface area contributed by atoms with Crippen molar-refractivity contribution in [3.05, 3.63) is 48.0 Å². The highest BCUT2D eigenvalue weighted by Gasteiger charge is 2.12. The molecule has 0 aromatic heterocycles. The molecule has 0 saturated carbocycles. The van der Waals surface area contributed by atoms with E-state index in [9.17, 15) is 9.90 Å². The van der Waals surface area contributed by atoms with Crippen molar-refractivity contribution < 1.29 is 9.90 Å². The van der Waals surface area contributed by atoms with Crippen LogP contribution in [0.4, 0.5) is 11.4 Å². The van der Waals surface area contributed by atoms with Crippen LogP contribution in [0.25, 0.3) is 11.1 Å². The summed E-state index contributed by atoms with van der Waals surface area (Å²) in [5.74, 6) is 4.34. The SMILES string of the molecule is NNc1ccc(C(=O)O)c(-c2cccc(N)c2)c1. The highest BCUT2D eigenvalue weighted by Crippen LogP contribution is 2.28. The Labute approximate surface area is 104 Å². The number of hydrogen-bond donors (Lipinski definition) is 4. The van der Waals surface area contributed by atoms with Crippen LogP contribution in [-0.2, 0) is 0 Å². The number of anilines is 2. The summed E-state index contributed by atoms with van der Waals surface area (Å²) in [5.41, 5.74) is 10.9. The van der Waals surface area contributed by atoms with Gasteiger partial charge in [-0.3, -0.25) is 5.84 Å². The molecular weight excluding hydrogens is 230 g/mol. The molecule has 5 nitrogen and oxygen atoms in total. The summed E-state index contributed by atoms with van der Waals surface area (Å²) in [6.07, 6.45) is 0. The van der Waals surface area contributed by atoms with E-state index < -0.39 is 5.97 Å². The molecule has 0 aliphatic rings. The standard InChI is InChI=1S/C13H13N3O2/c14-9-3-1-2-8(6-9)12-7-10(16-15)4-5-11(12)13(17)18/h1-7,16H,14-15H2,(H,17,18). The van der Waals surface area contributed by atoms with Gasteiger partial charge >= 0.3 is 5.97 Å². The fraction of sp³-hybridized carbons (Fsp3) is 0. The number of carbonyl (C=O) groups is 1. The van der Waals surface area contributed by atoms with Crippen LogP contribution in [0.3, 0.4) is 0 Å². The summed E-state index contributed by atoms with van der Waals surface area (Å²) in [6, 6.07) is 11.8. The first-order valence-corrected chi connectivity index (χ1v) is 5.31. The maximum atomic E-state index is 11.2. The molecule has 5 heteroatoms. The van der Waals surface area contributed by atoms with E-state index in [1.165, 1.54) is 6.07 Å². The lowest BCUT2D eigenvalue weighted by atomic mass is 9.98. The maximum Gasteiger partial charge on any atom is 0.336 e. The summed E-state index contributed by atoms with van der Waals surface area (Å²) in [5, 5.41) is 9.18. The Balaban J connectivity index is 2.63. The summed E-state index contributed by atoms with van der Waals surface area (Å²) in [4.78, 5) is 11.2. The molecule has 2 rings (SSSR count). The second-order valence-electron chi connectivity index (χ2n) is 3.84. The monoisotopic (exact) mass is 243 g/mol. The third-order valence-electron chi connectivity index (χ3n) is 2.61. The zero-order chi connectivity index (χ0) is 13.1. The lowest BCUT2D eigenvalue weighted by molar-refractivity contribution is 0.0698. The Morgan fingerprint density at radius 2 is 1.94 bits per heavy atom. The molecular formula is C13H13N3O2. The molecule has 0 heterocycles. The fourth-order valence-electron chi connectivity index (χ4n) is 1.77. The third-order valence-corrected chi connectivity index (χ3v) is 2.61. The number of hydrazine groups is 1. The molecule has 0 aliphatic heterocycles. The van der Waals surface area contributed by atoms with Crippen molar-refractivity contribution in [3.63, 3.8) is 0 Å². The Kier molecular flexibility index (Phi) is 3.16. The first-order valence-electron chi connectivity index (χ1n) is 5.31. The number of nitrogens with two attached hydrogens (primary N) is 2. The fourth-order valence-corrected chi connectivity index (χ4v) is 1.77. The summed E-state index contributed by atoms with van der Waals surface area (Å²) >= 11 is 0. The molecule has 0 saturated heterocycles. The topological polar surface area (TPSA) is 101 Å². The van der Waals surface area contributed by atoms with Gasteiger partial charge in [0.05, 0.1) is 5.56 Å². The number of carboxylic acid groups (broad SMARTS) is 1. The number of nitrogens with one attached hydrogen (secondary N) is 1. The van der Waals surface area contributed by atoms with E-state index in [0.29, 0.717) is 16.9 Å². The van der Waals surface area contributed by atoms with Gasteiger partial charge in [-0.1, -0.05) is 12.1 Å². The average Bonchev–Trinajstić information content (AvgIpc) is 2.38. The first-order chi connectivity index (χ1) is 8.61. The minimum Gasteiger partial charge on any atom is -0.478 e. The minimum absolute atomic E-state index is 0.208. The number of hydrogen-bond acceptors (Lipinski definition) is 4. The summed E-state index contributed by atoms with van der Waals surface area (Å²) in [7, 11) is 0. The summed E-state index contributed by atoms with van der Waals surface area (Å²) in [6.45, 7) is 0. The molecule has 0 radical (unpaired) electrons. The molecule has 0 aliphatic carbocycles. The number of benzene rings is 2. The number of rotatable bonds is 3. The molecule has 0 bridgehead atoms. The largest absolute Gasteiger partial charge is 0.478 e. The van der Waals surface area contributed by atoms with Crippen molar-refractivity contribution in [1.29, 1.82) is 0 Å². The van der Waals surface area contributed by atoms with Crippen molar-refractivity contribution in [1.82, 2.24) is 0 Å². The molecule has 18 heavy (non-hydrogen) atoms. The van der Waals surface area contributed by atoms with E-state index in [4.69, 9.17) is 11.6 Å². The lowest BCUT2D eigenvalue weighted by Crippen LogP contribution is -2.08. The van der Waals surface area contributed by atoms with E-state index in [2.05, 4.69) is 5.43 Å². The van der Waals surface area contributed by atoms with Crippen molar-refractivity contribution >= 4 is 17.3 Å². The Morgan fingerprint density at radius 3 is 2.56 bits per heavy atom. The van der Waals surface area contributed by atoms with Gasteiger partial charge in [0.15, 0.2) is 0 Å². The predicted octanol–water partition coefficient (Wildman–Crippen LogP) is 1.92. The van der Waals surface area contributed by atoms with Crippen LogP contribution < -0.4 is 17.0 Å². The van der Waals surface area contributed by atoms with Gasteiger partial charge in [0.2, 0.25) is 0 Å². The van der Waals surface area contributed by atoms with E-state index in [1.54, 1.807) is 36.4 Å². The number of aromatic carboxylic acids is 1. The molecule has 0 spiro atoms. The Morgan fingerprint density at radius 1 is 1.17 bits per heavy atom. The third kappa shape index (κ3) is 2.26. The normalized spacial score (nSPS) is 10.1. The van der Waals surface area contributed by atoms with Gasteiger partial charge in [0.1, 0.15) is 0 Å². The first kappa shape index (κ1) is 11.9. The van der Waals surface area contributed by atoms with Crippen molar-refractivity contribution in [2.45, 2.75) is 0 Å². The molecule has 2 aromatic rings. The second kappa shape index (κ2) is 4.77. The number of nitrogen functional groups attached to an aromatic ring is 2. The van der Waals surface area contributed by atoms with Gasteiger partial charge < -0.3 is 16.3 Å². The molecule has 6 N–H and O–H groups in total. The zero-order valence-electron chi connectivity index (χ0n) is 9.55. The minimum atomic E-state index is -0.990. The smallest absolute Gasteiger partial charge is 0.336 e. The van der Waals surface area contributed by atoms with Gasteiger partial charge in [-0.05, 0) is 41.5 Å². The van der Waals surface area contributed by atoms with Crippen LogP contribution in [-0.4, -0.2) is 11.1 Å². The molecule has 92 valence electrons. The quantitative estimate of drug-likeness (QED) is 0.375. The van der Waals surface area contributed by atoms with E-state index in [-0.39, 0.29) is 5.56 Å². The summed E-state index contributed by atoms with van der Waals surface area (Å²) < 4.78 is 0.